The Kier molecular flexibility index (Phi) is 7.74. The van der Waals surface area contributed by atoms with Crippen LogP contribution in [0.25, 0.3) is 0 Å². The van der Waals surface area contributed by atoms with Crippen LogP contribution in [0, 0.1) is 17.1 Å². The van der Waals surface area contributed by atoms with Gasteiger partial charge in [0.25, 0.3) is 0 Å². The Labute approximate surface area is 217 Å². The van der Waals surface area contributed by atoms with Crippen LogP contribution in [-0.2, 0) is 14.3 Å². The lowest BCUT2D eigenvalue weighted by Gasteiger charge is -2.40. The van der Waals surface area contributed by atoms with Crippen molar-refractivity contribution in [3.8, 4) is 6.07 Å². The SMILES string of the molecule is CCC(c1ccc(F)cc1)N1C(=O)C2C[C@H]1CN2CC(NC(=O)OC(C)(C)C)C(=O)N1CCCC1C#N. The summed E-state index contributed by atoms with van der Waals surface area (Å²) in [5.41, 5.74) is 0.159. The Bertz CT molecular complexity index is 1070. The Morgan fingerprint density at radius 1 is 1.27 bits per heavy atom. The molecular formula is C27H36FN5O4. The number of carbonyl (C=O) groups is 3. The Morgan fingerprint density at radius 3 is 2.57 bits per heavy atom. The second-order valence-corrected chi connectivity index (χ2v) is 11.1. The van der Waals surface area contributed by atoms with E-state index < -0.39 is 29.8 Å². The minimum atomic E-state index is -0.941. The van der Waals surface area contributed by atoms with Gasteiger partial charge in [-0.25, -0.2) is 9.18 Å². The van der Waals surface area contributed by atoms with Crippen LogP contribution in [0.4, 0.5) is 9.18 Å². The van der Waals surface area contributed by atoms with Crippen LogP contribution in [0.1, 0.15) is 65.0 Å². The number of nitrogens with zero attached hydrogens (tertiary/aromatic N) is 4. The molecule has 3 saturated heterocycles. The normalized spacial score (nSPS) is 25.2. The molecule has 10 heteroatoms. The molecule has 1 aromatic rings. The van der Waals surface area contributed by atoms with Crippen molar-refractivity contribution in [3.05, 3.63) is 35.6 Å². The predicted octanol–water partition coefficient (Wildman–Crippen LogP) is 2.97. The lowest BCUT2D eigenvalue weighted by molar-refractivity contribution is -0.141. The number of likely N-dealkylation sites (tertiary alicyclic amines) is 3. The lowest BCUT2D eigenvalue weighted by Crippen LogP contribution is -2.59. The monoisotopic (exact) mass is 513 g/mol. The van der Waals surface area contributed by atoms with Gasteiger partial charge in [0, 0.05) is 25.7 Å². The van der Waals surface area contributed by atoms with Crippen molar-refractivity contribution in [2.45, 2.75) is 89.2 Å². The first-order valence-corrected chi connectivity index (χ1v) is 13.0. The average molecular weight is 514 g/mol. The van der Waals surface area contributed by atoms with E-state index in [0.29, 0.717) is 32.4 Å². The van der Waals surface area contributed by atoms with Gasteiger partial charge >= 0.3 is 6.09 Å². The molecule has 3 heterocycles. The van der Waals surface area contributed by atoms with Crippen LogP contribution >= 0.6 is 0 Å². The molecule has 0 radical (unpaired) electrons. The molecule has 3 aliphatic heterocycles. The van der Waals surface area contributed by atoms with Gasteiger partial charge in [0.05, 0.1) is 18.2 Å². The number of piperazine rings is 1. The van der Waals surface area contributed by atoms with Gasteiger partial charge in [-0.1, -0.05) is 19.1 Å². The van der Waals surface area contributed by atoms with Gasteiger partial charge in [-0.2, -0.15) is 5.26 Å². The standard InChI is InChI=1S/C27H36FN5O4/c1-5-22(17-8-10-18(28)11-9-17)33-20-13-23(25(33)35)31(15-20)16-21(30-26(36)37-27(2,3)4)24(34)32-12-6-7-19(32)14-29/h8-11,19-23H,5-7,12-13,15-16H2,1-4H3,(H,30,36)/t19?,20-,21?,22?,23?/m0/s1. The van der Waals surface area contributed by atoms with Gasteiger partial charge in [0.15, 0.2) is 0 Å². The number of rotatable bonds is 7. The first-order chi connectivity index (χ1) is 17.5. The van der Waals surface area contributed by atoms with E-state index in [1.165, 1.54) is 17.0 Å². The summed E-state index contributed by atoms with van der Waals surface area (Å²) in [7, 11) is 0. The topological polar surface area (TPSA) is 106 Å². The molecule has 3 fully saturated rings. The number of nitriles is 1. The molecule has 1 N–H and O–H groups in total. The quantitative estimate of drug-likeness (QED) is 0.601. The van der Waals surface area contributed by atoms with Crippen LogP contribution < -0.4 is 5.32 Å². The number of hydrogen-bond donors (Lipinski definition) is 1. The number of alkyl carbamates (subject to hydrolysis) is 1. The highest BCUT2D eigenvalue weighted by Crippen LogP contribution is 2.39. The smallest absolute Gasteiger partial charge is 0.408 e. The molecule has 0 saturated carbocycles. The molecule has 0 aliphatic carbocycles. The van der Waals surface area contributed by atoms with Crippen LogP contribution in [0.15, 0.2) is 24.3 Å². The third kappa shape index (κ3) is 5.72. The fraction of sp³-hybridized carbons (Fsp3) is 0.630. The first-order valence-electron chi connectivity index (χ1n) is 13.0. The van der Waals surface area contributed by atoms with Crippen LogP contribution in [0.2, 0.25) is 0 Å². The molecule has 0 aromatic heterocycles. The zero-order chi connectivity index (χ0) is 26.9. The molecule has 200 valence electrons. The maximum Gasteiger partial charge on any atom is 0.408 e. The molecule has 0 spiro atoms. The van der Waals surface area contributed by atoms with Gasteiger partial charge in [-0.15, -0.1) is 0 Å². The van der Waals surface area contributed by atoms with E-state index in [9.17, 15) is 24.0 Å². The summed E-state index contributed by atoms with van der Waals surface area (Å²) < 4.78 is 18.9. The number of benzene rings is 1. The Hall–Kier alpha value is -3.19. The van der Waals surface area contributed by atoms with E-state index in [-0.39, 0.29) is 36.3 Å². The Morgan fingerprint density at radius 2 is 1.97 bits per heavy atom. The molecule has 9 nitrogen and oxygen atoms in total. The number of carbonyl (C=O) groups excluding carboxylic acids is 3. The molecule has 5 atom stereocenters. The van der Waals surface area contributed by atoms with Gasteiger partial charge in [0.2, 0.25) is 11.8 Å². The van der Waals surface area contributed by atoms with Crippen molar-refractivity contribution in [2.24, 2.45) is 0 Å². The Balaban J connectivity index is 1.49. The maximum absolute atomic E-state index is 13.5. The lowest BCUT2D eigenvalue weighted by atomic mass is 10.0. The summed E-state index contributed by atoms with van der Waals surface area (Å²) >= 11 is 0. The second-order valence-electron chi connectivity index (χ2n) is 11.1. The second kappa shape index (κ2) is 10.7. The summed E-state index contributed by atoms with van der Waals surface area (Å²) in [6, 6.07) is 6.39. The van der Waals surface area contributed by atoms with Gasteiger partial charge in [-0.3, -0.25) is 14.5 Å². The van der Waals surface area contributed by atoms with E-state index in [0.717, 1.165) is 12.0 Å². The number of amides is 3. The highest BCUT2D eigenvalue weighted by molar-refractivity contribution is 5.88. The summed E-state index contributed by atoms with van der Waals surface area (Å²) in [6.07, 6.45) is 1.96. The van der Waals surface area contributed by atoms with Gasteiger partial charge in [0.1, 0.15) is 23.5 Å². The van der Waals surface area contributed by atoms with Crippen molar-refractivity contribution in [1.82, 2.24) is 20.0 Å². The number of halogens is 1. The van der Waals surface area contributed by atoms with Crippen LogP contribution in [0.5, 0.6) is 0 Å². The van der Waals surface area contributed by atoms with Crippen molar-refractivity contribution >= 4 is 17.9 Å². The van der Waals surface area contributed by atoms with Crippen molar-refractivity contribution in [2.75, 3.05) is 19.6 Å². The molecule has 3 aliphatic rings. The van der Waals surface area contributed by atoms with Gasteiger partial charge in [-0.05, 0) is 64.2 Å². The maximum atomic E-state index is 13.5. The average Bonchev–Trinajstić information content (AvgIpc) is 3.54. The van der Waals surface area contributed by atoms with Crippen molar-refractivity contribution < 1.29 is 23.5 Å². The fourth-order valence-electron chi connectivity index (χ4n) is 5.81. The van der Waals surface area contributed by atoms with E-state index in [1.807, 2.05) is 16.7 Å². The molecule has 2 bridgehead atoms. The highest BCUT2D eigenvalue weighted by Gasteiger charge is 2.52. The molecule has 3 amide bonds. The molecular weight excluding hydrogens is 477 g/mol. The summed E-state index contributed by atoms with van der Waals surface area (Å²) in [5.74, 6) is -0.671. The minimum absolute atomic E-state index is 0.0213. The van der Waals surface area contributed by atoms with Crippen LogP contribution in [-0.4, -0.2) is 82.0 Å². The molecule has 4 rings (SSSR count). The van der Waals surface area contributed by atoms with E-state index in [1.54, 1.807) is 32.9 Å². The summed E-state index contributed by atoms with van der Waals surface area (Å²) in [6.45, 7) is 8.41. The molecule has 37 heavy (non-hydrogen) atoms. The third-order valence-corrected chi connectivity index (χ3v) is 7.38. The predicted molar refractivity (Wildman–Crippen MR) is 134 cm³/mol. The first kappa shape index (κ1) is 26.9. The molecule has 1 aromatic carbocycles. The van der Waals surface area contributed by atoms with E-state index in [2.05, 4.69) is 11.4 Å². The van der Waals surface area contributed by atoms with Gasteiger partial charge < -0.3 is 19.9 Å². The minimum Gasteiger partial charge on any atom is -0.444 e. The van der Waals surface area contributed by atoms with Crippen LogP contribution in [0.3, 0.4) is 0 Å². The summed E-state index contributed by atoms with van der Waals surface area (Å²) in [5, 5.41) is 12.2. The number of fused-ring (bicyclic) bond motifs is 2. The van der Waals surface area contributed by atoms with Crippen molar-refractivity contribution in [1.29, 1.82) is 5.26 Å². The zero-order valence-electron chi connectivity index (χ0n) is 21.9. The summed E-state index contributed by atoms with van der Waals surface area (Å²) in [4.78, 5) is 45.0. The number of ether oxygens (including phenoxy) is 1. The zero-order valence-corrected chi connectivity index (χ0v) is 21.9. The van der Waals surface area contributed by atoms with E-state index >= 15 is 0 Å². The van der Waals surface area contributed by atoms with Crippen molar-refractivity contribution in [3.63, 3.8) is 0 Å². The highest BCUT2D eigenvalue weighted by atomic mass is 19.1. The largest absolute Gasteiger partial charge is 0.444 e. The number of nitrogens with one attached hydrogen (secondary N) is 1. The molecule has 4 unspecified atom stereocenters. The third-order valence-electron chi connectivity index (χ3n) is 7.38. The number of hydrogen-bond acceptors (Lipinski definition) is 6. The fourth-order valence-corrected chi connectivity index (χ4v) is 5.81. The van der Waals surface area contributed by atoms with E-state index in [4.69, 9.17) is 4.74 Å².